The maximum absolute atomic E-state index is 10.3. The van der Waals surface area contributed by atoms with Gasteiger partial charge in [0.05, 0.1) is 5.60 Å². The third kappa shape index (κ3) is 3.12. The molecule has 1 heterocycles. The van der Waals surface area contributed by atoms with Gasteiger partial charge in [0.25, 0.3) is 0 Å². The zero-order valence-corrected chi connectivity index (χ0v) is 8.53. The number of likely N-dealkylation sites (tertiary alicyclic amines) is 1. The largest absolute Gasteiger partial charge is 0.480 e. The average Bonchev–Trinajstić information content (AvgIpc) is 2.07. The first-order valence-corrected chi connectivity index (χ1v) is 4.75. The van der Waals surface area contributed by atoms with Crippen molar-refractivity contribution in [2.75, 3.05) is 26.2 Å². The zero-order chi connectivity index (χ0) is 10.6. The Morgan fingerprint density at radius 2 is 2.36 bits per heavy atom. The van der Waals surface area contributed by atoms with Gasteiger partial charge in [0, 0.05) is 19.6 Å². The number of hydrogen-bond acceptors (Lipinski definition) is 3. The van der Waals surface area contributed by atoms with Gasteiger partial charge in [-0.05, 0) is 13.3 Å². The number of carbonyl (C=O) groups is 1. The molecule has 1 aliphatic heterocycles. The average molecular weight is 199 g/mol. The molecule has 0 amide bonds. The van der Waals surface area contributed by atoms with Crippen molar-refractivity contribution < 1.29 is 14.6 Å². The molecule has 4 heteroatoms. The van der Waals surface area contributed by atoms with Gasteiger partial charge < -0.3 is 9.84 Å². The summed E-state index contributed by atoms with van der Waals surface area (Å²) in [5.41, 5.74) is -0.264. The first-order chi connectivity index (χ1) is 6.56. The maximum Gasteiger partial charge on any atom is 0.329 e. The molecule has 0 aromatic carbocycles. The van der Waals surface area contributed by atoms with E-state index >= 15 is 0 Å². The van der Waals surface area contributed by atoms with E-state index in [1.165, 1.54) is 0 Å². The van der Waals surface area contributed by atoms with Crippen molar-refractivity contribution in [3.63, 3.8) is 0 Å². The molecule has 0 aliphatic carbocycles. The molecule has 0 radical (unpaired) electrons. The van der Waals surface area contributed by atoms with E-state index in [9.17, 15) is 4.79 Å². The number of hydrogen-bond donors (Lipinski definition) is 1. The van der Waals surface area contributed by atoms with Crippen molar-refractivity contribution >= 4 is 5.97 Å². The highest BCUT2D eigenvalue weighted by atomic mass is 16.5. The molecule has 1 fully saturated rings. The molecule has 0 bridgehead atoms. The van der Waals surface area contributed by atoms with Crippen LogP contribution in [0.25, 0.3) is 0 Å². The molecule has 0 aromatic heterocycles. The van der Waals surface area contributed by atoms with Crippen LogP contribution >= 0.6 is 0 Å². The van der Waals surface area contributed by atoms with Crippen LogP contribution in [0.3, 0.4) is 0 Å². The van der Waals surface area contributed by atoms with Crippen LogP contribution in [0.5, 0.6) is 0 Å². The molecule has 80 valence electrons. The van der Waals surface area contributed by atoms with Gasteiger partial charge in [-0.2, -0.15) is 0 Å². The minimum Gasteiger partial charge on any atom is -0.480 e. The molecular weight excluding hydrogens is 182 g/mol. The third-order valence-corrected chi connectivity index (χ3v) is 2.31. The second-order valence-corrected chi connectivity index (χ2v) is 3.92. The molecule has 1 saturated heterocycles. The Morgan fingerprint density at radius 3 is 2.86 bits per heavy atom. The van der Waals surface area contributed by atoms with Crippen LogP contribution in [0, 0.1) is 0 Å². The zero-order valence-electron chi connectivity index (χ0n) is 8.53. The van der Waals surface area contributed by atoms with Gasteiger partial charge in [-0.15, -0.1) is 6.58 Å². The topological polar surface area (TPSA) is 49.8 Å². The van der Waals surface area contributed by atoms with Crippen LogP contribution in [0.1, 0.15) is 13.3 Å². The first kappa shape index (κ1) is 11.2. The van der Waals surface area contributed by atoms with Crippen molar-refractivity contribution in [1.29, 1.82) is 0 Å². The van der Waals surface area contributed by atoms with Crippen molar-refractivity contribution in [3.05, 3.63) is 12.7 Å². The Labute approximate surface area is 84.2 Å². The van der Waals surface area contributed by atoms with E-state index in [2.05, 4.69) is 11.5 Å². The van der Waals surface area contributed by atoms with Gasteiger partial charge in [0.2, 0.25) is 0 Å². The van der Waals surface area contributed by atoms with Crippen molar-refractivity contribution in [2.24, 2.45) is 0 Å². The lowest BCUT2D eigenvalue weighted by atomic mass is 9.96. The molecule has 0 aromatic rings. The summed E-state index contributed by atoms with van der Waals surface area (Å²) in [5, 5.41) is 8.45. The molecule has 1 aliphatic rings. The Kier molecular flexibility index (Phi) is 3.66. The monoisotopic (exact) mass is 199 g/mol. The summed E-state index contributed by atoms with van der Waals surface area (Å²) in [6.45, 7) is 8.00. The fourth-order valence-corrected chi connectivity index (χ4v) is 1.66. The van der Waals surface area contributed by atoms with Gasteiger partial charge in [-0.1, -0.05) is 6.08 Å². The van der Waals surface area contributed by atoms with E-state index in [-0.39, 0.29) is 12.2 Å². The minimum atomic E-state index is -0.907. The number of aliphatic carboxylic acids is 1. The molecule has 1 N–H and O–H groups in total. The number of rotatable bonds is 6. The first-order valence-electron chi connectivity index (χ1n) is 4.75. The van der Waals surface area contributed by atoms with Gasteiger partial charge in [0.15, 0.2) is 0 Å². The minimum absolute atomic E-state index is 0.203. The number of nitrogens with zero attached hydrogens (tertiary/aromatic N) is 1. The Balaban J connectivity index is 2.16. The number of ether oxygens (including phenoxy) is 1. The lowest BCUT2D eigenvalue weighted by molar-refractivity contribution is -0.164. The van der Waals surface area contributed by atoms with Gasteiger partial charge >= 0.3 is 5.97 Å². The summed E-state index contributed by atoms with van der Waals surface area (Å²) in [4.78, 5) is 12.5. The fourth-order valence-electron chi connectivity index (χ4n) is 1.66. The molecule has 0 atom stereocenters. The lowest BCUT2D eigenvalue weighted by Gasteiger charge is -2.47. The molecule has 0 saturated carbocycles. The summed E-state index contributed by atoms with van der Waals surface area (Å²) in [6, 6.07) is 0. The molecule has 1 rings (SSSR count). The second kappa shape index (κ2) is 4.57. The fraction of sp³-hybridized carbons (Fsp3) is 0.700. The SMILES string of the molecule is C=CCCN1CC(C)(OCC(=O)O)C1. The summed E-state index contributed by atoms with van der Waals surface area (Å²) in [5.74, 6) is -0.907. The van der Waals surface area contributed by atoms with Crippen molar-refractivity contribution in [1.82, 2.24) is 4.90 Å². The van der Waals surface area contributed by atoms with Crippen LogP contribution in [0.2, 0.25) is 0 Å². The van der Waals surface area contributed by atoms with Crippen LogP contribution in [-0.4, -0.2) is 47.8 Å². The van der Waals surface area contributed by atoms with E-state index in [4.69, 9.17) is 9.84 Å². The van der Waals surface area contributed by atoms with Crippen LogP contribution in [-0.2, 0) is 9.53 Å². The van der Waals surface area contributed by atoms with Gasteiger partial charge in [-0.25, -0.2) is 4.79 Å². The van der Waals surface area contributed by atoms with E-state index in [1.54, 1.807) is 0 Å². The molecule has 14 heavy (non-hydrogen) atoms. The summed E-state index contributed by atoms with van der Waals surface area (Å²) in [6.07, 6.45) is 2.85. The number of carboxylic acids is 1. The standard InChI is InChI=1S/C10H17NO3/c1-3-4-5-11-7-10(2,8-11)14-6-9(12)13/h3H,1,4-8H2,2H3,(H,12,13). The predicted octanol–water partition coefficient (Wildman–Crippen LogP) is 0.738. The lowest BCUT2D eigenvalue weighted by Crippen LogP contribution is -2.61. The van der Waals surface area contributed by atoms with E-state index in [0.29, 0.717) is 0 Å². The summed E-state index contributed by atoms with van der Waals surface area (Å²) in [7, 11) is 0. The highest BCUT2D eigenvalue weighted by Gasteiger charge is 2.39. The summed E-state index contributed by atoms with van der Waals surface area (Å²) >= 11 is 0. The van der Waals surface area contributed by atoms with Crippen molar-refractivity contribution in [2.45, 2.75) is 18.9 Å². The van der Waals surface area contributed by atoms with Gasteiger partial charge in [0.1, 0.15) is 6.61 Å². The Bertz CT molecular complexity index is 221. The summed E-state index contributed by atoms with van der Waals surface area (Å²) < 4.78 is 5.27. The van der Waals surface area contributed by atoms with Crippen LogP contribution < -0.4 is 0 Å². The molecule has 0 unspecified atom stereocenters. The molecular formula is C10H17NO3. The third-order valence-electron chi connectivity index (χ3n) is 2.31. The van der Waals surface area contributed by atoms with E-state index in [1.807, 2.05) is 13.0 Å². The second-order valence-electron chi connectivity index (χ2n) is 3.92. The maximum atomic E-state index is 10.3. The number of carboxylic acid groups (broad SMARTS) is 1. The van der Waals surface area contributed by atoms with E-state index in [0.717, 1.165) is 26.1 Å². The Morgan fingerprint density at radius 1 is 1.71 bits per heavy atom. The smallest absolute Gasteiger partial charge is 0.329 e. The van der Waals surface area contributed by atoms with Crippen molar-refractivity contribution in [3.8, 4) is 0 Å². The molecule has 0 spiro atoms. The highest BCUT2D eigenvalue weighted by molar-refractivity contribution is 5.68. The molecule has 4 nitrogen and oxygen atoms in total. The quantitative estimate of drug-likeness (QED) is 0.641. The van der Waals surface area contributed by atoms with Crippen LogP contribution in [0.4, 0.5) is 0 Å². The van der Waals surface area contributed by atoms with E-state index < -0.39 is 5.97 Å². The van der Waals surface area contributed by atoms with Crippen LogP contribution in [0.15, 0.2) is 12.7 Å². The Hall–Kier alpha value is -0.870. The normalized spacial score (nSPS) is 20.1. The van der Waals surface area contributed by atoms with Gasteiger partial charge in [-0.3, -0.25) is 4.90 Å². The predicted molar refractivity (Wildman–Crippen MR) is 53.2 cm³/mol. The highest BCUT2D eigenvalue weighted by Crippen LogP contribution is 2.24.